The van der Waals surface area contributed by atoms with Gasteiger partial charge in [0.15, 0.2) is 5.13 Å². The fourth-order valence-corrected chi connectivity index (χ4v) is 4.67. The Kier molecular flexibility index (Phi) is 6.16. The van der Waals surface area contributed by atoms with Gasteiger partial charge >= 0.3 is 0 Å². The quantitative estimate of drug-likeness (QED) is 0.582. The third kappa shape index (κ3) is 4.71. The van der Waals surface area contributed by atoms with E-state index >= 15 is 0 Å². The summed E-state index contributed by atoms with van der Waals surface area (Å²) in [6.07, 6.45) is 2.31. The van der Waals surface area contributed by atoms with Crippen molar-refractivity contribution in [3.63, 3.8) is 0 Å². The topological polar surface area (TPSA) is 71.1 Å². The summed E-state index contributed by atoms with van der Waals surface area (Å²) in [7, 11) is 0. The molecule has 1 heterocycles. The minimum atomic E-state index is -0.258. The van der Waals surface area contributed by atoms with Crippen LogP contribution in [0.25, 0.3) is 0 Å². The molecule has 3 aromatic rings. The standard InChI is InChI=1S/C23H22ClN3O2S/c1-14-2-6-16(7-3-14)21(28)27-23-26-20-18(10-11-19(20)30-23)22(29)25-13-12-15-4-8-17(24)9-5-15/h2-9,18H,10-13H2,1H3,(H,25,29)(H,26,27,28)/t18-/m0/s1. The molecule has 5 nitrogen and oxygen atoms in total. The summed E-state index contributed by atoms with van der Waals surface area (Å²) >= 11 is 7.36. The summed E-state index contributed by atoms with van der Waals surface area (Å²) < 4.78 is 0. The summed E-state index contributed by atoms with van der Waals surface area (Å²) in [4.78, 5) is 30.8. The zero-order chi connectivity index (χ0) is 21.1. The summed E-state index contributed by atoms with van der Waals surface area (Å²) in [5.41, 5.74) is 3.61. The number of nitrogens with one attached hydrogen (secondary N) is 2. The van der Waals surface area contributed by atoms with E-state index in [1.165, 1.54) is 11.3 Å². The Bertz CT molecular complexity index is 1060. The average molecular weight is 440 g/mol. The Labute approximate surface area is 184 Å². The average Bonchev–Trinajstić information content (AvgIpc) is 3.30. The van der Waals surface area contributed by atoms with E-state index in [0.29, 0.717) is 22.3 Å². The lowest BCUT2D eigenvalue weighted by molar-refractivity contribution is -0.122. The summed E-state index contributed by atoms with van der Waals surface area (Å²) in [5, 5.41) is 7.13. The fourth-order valence-electron chi connectivity index (χ4n) is 3.51. The molecule has 1 atom stereocenters. The van der Waals surface area contributed by atoms with Gasteiger partial charge in [0.25, 0.3) is 5.91 Å². The molecule has 0 saturated carbocycles. The number of aryl methyl sites for hydroxylation is 2. The minimum absolute atomic E-state index is 0.00979. The Morgan fingerprint density at radius 3 is 2.60 bits per heavy atom. The first-order chi connectivity index (χ1) is 14.5. The van der Waals surface area contributed by atoms with Crippen LogP contribution in [0.1, 0.15) is 44.4 Å². The normalized spacial score (nSPS) is 14.9. The third-order valence-electron chi connectivity index (χ3n) is 5.19. The molecule has 0 aliphatic heterocycles. The number of halogens is 1. The van der Waals surface area contributed by atoms with Crippen molar-refractivity contribution in [2.75, 3.05) is 11.9 Å². The van der Waals surface area contributed by atoms with Gasteiger partial charge in [-0.3, -0.25) is 14.9 Å². The van der Waals surface area contributed by atoms with Gasteiger partial charge in [0, 0.05) is 22.0 Å². The molecule has 1 aliphatic carbocycles. The van der Waals surface area contributed by atoms with E-state index in [1.807, 2.05) is 43.3 Å². The van der Waals surface area contributed by atoms with Gasteiger partial charge in [0.2, 0.25) is 5.91 Å². The Morgan fingerprint density at radius 2 is 1.87 bits per heavy atom. The van der Waals surface area contributed by atoms with Gasteiger partial charge < -0.3 is 5.32 Å². The number of anilines is 1. The van der Waals surface area contributed by atoms with E-state index in [9.17, 15) is 9.59 Å². The molecule has 0 saturated heterocycles. The second-order valence-corrected chi connectivity index (χ2v) is 8.93. The summed E-state index contributed by atoms with van der Waals surface area (Å²) in [6.45, 7) is 2.54. The van der Waals surface area contributed by atoms with E-state index in [4.69, 9.17) is 11.6 Å². The summed E-state index contributed by atoms with van der Waals surface area (Å²) in [5.74, 6) is -0.456. The first-order valence-electron chi connectivity index (χ1n) is 9.89. The van der Waals surface area contributed by atoms with Crippen LogP contribution in [0, 0.1) is 6.92 Å². The number of rotatable bonds is 6. The van der Waals surface area contributed by atoms with Gasteiger partial charge in [-0.2, -0.15) is 0 Å². The molecule has 0 spiro atoms. The highest BCUT2D eigenvalue weighted by atomic mass is 35.5. The molecule has 1 aromatic heterocycles. The molecular formula is C23H22ClN3O2S. The zero-order valence-electron chi connectivity index (χ0n) is 16.6. The number of benzene rings is 2. The maximum absolute atomic E-state index is 12.7. The predicted octanol–water partition coefficient (Wildman–Crippen LogP) is 4.75. The van der Waals surface area contributed by atoms with Crippen LogP contribution in [0.15, 0.2) is 48.5 Å². The molecule has 0 fully saturated rings. The second kappa shape index (κ2) is 8.98. The zero-order valence-corrected chi connectivity index (χ0v) is 18.1. The van der Waals surface area contributed by atoms with Crippen molar-refractivity contribution < 1.29 is 9.59 Å². The molecule has 2 aromatic carbocycles. The van der Waals surface area contributed by atoms with Crippen molar-refractivity contribution in [1.29, 1.82) is 0 Å². The van der Waals surface area contributed by atoms with Crippen LogP contribution in [0.2, 0.25) is 5.02 Å². The largest absolute Gasteiger partial charge is 0.355 e. The van der Waals surface area contributed by atoms with E-state index in [-0.39, 0.29) is 17.7 Å². The molecule has 1 aliphatic rings. The number of hydrogen-bond acceptors (Lipinski definition) is 4. The van der Waals surface area contributed by atoms with E-state index < -0.39 is 0 Å². The molecule has 154 valence electrons. The fraction of sp³-hybridized carbons (Fsp3) is 0.261. The molecule has 0 unspecified atom stereocenters. The SMILES string of the molecule is Cc1ccc(C(=O)Nc2nc3c(s2)CC[C@@H]3C(=O)NCCc2ccc(Cl)cc2)cc1. The number of fused-ring (bicyclic) bond motifs is 1. The van der Waals surface area contributed by atoms with Crippen LogP contribution in [-0.2, 0) is 17.6 Å². The van der Waals surface area contributed by atoms with Crippen molar-refractivity contribution >= 4 is 39.9 Å². The number of amides is 2. The van der Waals surface area contributed by atoms with E-state index in [0.717, 1.165) is 41.0 Å². The number of carbonyl (C=O) groups is 2. The lowest BCUT2D eigenvalue weighted by Gasteiger charge is -2.11. The Morgan fingerprint density at radius 1 is 1.13 bits per heavy atom. The van der Waals surface area contributed by atoms with Gasteiger partial charge in [-0.25, -0.2) is 4.98 Å². The van der Waals surface area contributed by atoms with Crippen molar-refractivity contribution in [1.82, 2.24) is 10.3 Å². The van der Waals surface area contributed by atoms with Gasteiger partial charge in [0.1, 0.15) is 0 Å². The summed E-state index contributed by atoms with van der Waals surface area (Å²) in [6, 6.07) is 15.0. The highest BCUT2D eigenvalue weighted by Crippen LogP contribution is 2.38. The maximum Gasteiger partial charge on any atom is 0.257 e. The monoisotopic (exact) mass is 439 g/mol. The second-order valence-electron chi connectivity index (χ2n) is 7.41. The van der Waals surface area contributed by atoms with Gasteiger partial charge in [-0.05, 0) is 56.0 Å². The van der Waals surface area contributed by atoms with Crippen LogP contribution >= 0.6 is 22.9 Å². The van der Waals surface area contributed by atoms with Gasteiger partial charge in [-0.15, -0.1) is 11.3 Å². The first kappa shape index (κ1) is 20.6. The predicted molar refractivity (Wildman–Crippen MR) is 120 cm³/mol. The van der Waals surface area contributed by atoms with Crippen LogP contribution < -0.4 is 10.6 Å². The molecular weight excluding hydrogens is 418 g/mol. The third-order valence-corrected chi connectivity index (χ3v) is 6.49. The highest BCUT2D eigenvalue weighted by molar-refractivity contribution is 7.16. The molecule has 0 radical (unpaired) electrons. The number of aromatic nitrogens is 1. The maximum atomic E-state index is 12.7. The van der Waals surface area contributed by atoms with E-state index in [2.05, 4.69) is 15.6 Å². The van der Waals surface area contributed by atoms with Crippen molar-refractivity contribution in [3.05, 3.63) is 80.8 Å². The molecule has 4 rings (SSSR count). The lowest BCUT2D eigenvalue weighted by atomic mass is 10.1. The van der Waals surface area contributed by atoms with Crippen molar-refractivity contribution in [3.8, 4) is 0 Å². The van der Waals surface area contributed by atoms with Crippen molar-refractivity contribution in [2.45, 2.75) is 32.1 Å². The van der Waals surface area contributed by atoms with Crippen LogP contribution in [0.5, 0.6) is 0 Å². The first-order valence-corrected chi connectivity index (χ1v) is 11.1. The Balaban J connectivity index is 1.35. The lowest BCUT2D eigenvalue weighted by Crippen LogP contribution is -2.30. The van der Waals surface area contributed by atoms with Gasteiger partial charge in [0.05, 0.1) is 11.6 Å². The smallest absolute Gasteiger partial charge is 0.257 e. The van der Waals surface area contributed by atoms with Crippen LogP contribution in [-0.4, -0.2) is 23.3 Å². The van der Waals surface area contributed by atoms with Gasteiger partial charge in [-0.1, -0.05) is 41.4 Å². The highest BCUT2D eigenvalue weighted by Gasteiger charge is 2.32. The molecule has 30 heavy (non-hydrogen) atoms. The number of thiazole rings is 1. The Hall–Kier alpha value is -2.70. The molecule has 0 bridgehead atoms. The molecule has 2 amide bonds. The minimum Gasteiger partial charge on any atom is -0.355 e. The number of hydrogen-bond donors (Lipinski definition) is 2. The number of nitrogens with zero attached hydrogens (tertiary/aromatic N) is 1. The van der Waals surface area contributed by atoms with Crippen LogP contribution in [0.4, 0.5) is 5.13 Å². The van der Waals surface area contributed by atoms with Crippen molar-refractivity contribution in [2.24, 2.45) is 0 Å². The number of carbonyl (C=O) groups excluding carboxylic acids is 2. The molecule has 2 N–H and O–H groups in total. The van der Waals surface area contributed by atoms with E-state index in [1.54, 1.807) is 12.1 Å². The van der Waals surface area contributed by atoms with Crippen LogP contribution in [0.3, 0.4) is 0 Å². The molecule has 7 heteroatoms.